The molecule has 0 aliphatic heterocycles. The Morgan fingerprint density at radius 2 is 2.35 bits per heavy atom. The van der Waals surface area contributed by atoms with Crippen molar-refractivity contribution in [2.75, 3.05) is 11.1 Å². The number of thioether (sulfide) groups is 1. The SMILES string of the molecule is Cc1nc(NC(=O)c2cccc(OC(F)F)c2)sc1SCC#N. The van der Waals surface area contributed by atoms with Crippen molar-refractivity contribution in [3.8, 4) is 11.8 Å². The maximum absolute atomic E-state index is 12.2. The van der Waals surface area contributed by atoms with Crippen LogP contribution in [0.5, 0.6) is 5.75 Å². The first-order valence-corrected chi connectivity index (χ1v) is 8.13. The van der Waals surface area contributed by atoms with Gasteiger partial charge >= 0.3 is 6.61 Å². The molecule has 1 amide bonds. The van der Waals surface area contributed by atoms with Crippen molar-refractivity contribution in [2.45, 2.75) is 17.7 Å². The summed E-state index contributed by atoms with van der Waals surface area (Å²) in [5, 5.41) is 11.6. The highest BCUT2D eigenvalue weighted by atomic mass is 32.2. The molecule has 0 saturated carbocycles. The summed E-state index contributed by atoms with van der Waals surface area (Å²) in [6, 6.07) is 7.53. The van der Waals surface area contributed by atoms with Crippen LogP contribution in [0.15, 0.2) is 28.5 Å². The normalized spacial score (nSPS) is 10.4. The van der Waals surface area contributed by atoms with E-state index in [0.717, 1.165) is 9.90 Å². The molecule has 0 bridgehead atoms. The first kappa shape index (κ1) is 17.2. The molecule has 0 radical (unpaired) electrons. The number of carbonyl (C=O) groups is 1. The van der Waals surface area contributed by atoms with Gasteiger partial charge in [0.15, 0.2) is 5.13 Å². The predicted octanol–water partition coefficient (Wildman–Crippen LogP) is 3.92. The molecule has 1 aromatic carbocycles. The van der Waals surface area contributed by atoms with Gasteiger partial charge in [-0.2, -0.15) is 14.0 Å². The monoisotopic (exact) mass is 355 g/mol. The Hall–Kier alpha value is -2.18. The molecule has 2 aromatic rings. The first-order valence-electron chi connectivity index (χ1n) is 6.33. The second-order valence-corrected chi connectivity index (χ2v) is 6.44. The van der Waals surface area contributed by atoms with Crippen molar-refractivity contribution in [1.82, 2.24) is 4.98 Å². The number of thiazole rings is 1. The number of aromatic nitrogens is 1. The lowest BCUT2D eigenvalue weighted by molar-refractivity contribution is -0.0498. The number of rotatable bonds is 6. The highest BCUT2D eigenvalue weighted by Gasteiger charge is 2.13. The van der Waals surface area contributed by atoms with Crippen LogP contribution in [0.3, 0.4) is 0 Å². The summed E-state index contributed by atoms with van der Waals surface area (Å²) in [5.74, 6) is -0.271. The number of nitrogens with one attached hydrogen (secondary N) is 1. The van der Waals surface area contributed by atoms with Crippen molar-refractivity contribution >= 4 is 34.1 Å². The van der Waals surface area contributed by atoms with E-state index >= 15 is 0 Å². The van der Waals surface area contributed by atoms with Crippen LogP contribution in [0.2, 0.25) is 0 Å². The van der Waals surface area contributed by atoms with Gasteiger partial charge in [0.25, 0.3) is 5.91 Å². The average Bonchev–Trinajstić information content (AvgIpc) is 2.84. The summed E-state index contributed by atoms with van der Waals surface area (Å²) < 4.78 is 29.5. The van der Waals surface area contributed by atoms with Gasteiger partial charge in [-0.05, 0) is 25.1 Å². The molecule has 2 rings (SSSR count). The standard InChI is InChI=1S/C14H11F2N3O2S2/c1-8-12(22-6-5-17)23-14(18-8)19-11(20)9-3-2-4-10(7-9)21-13(15)16/h2-4,7,13H,6H2,1H3,(H,18,19,20). The number of nitriles is 1. The van der Waals surface area contributed by atoms with E-state index in [4.69, 9.17) is 5.26 Å². The van der Waals surface area contributed by atoms with Crippen LogP contribution in [0.1, 0.15) is 16.1 Å². The summed E-state index contributed by atoms with van der Waals surface area (Å²) >= 11 is 2.60. The third-order valence-corrected chi connectivity index (χ3v) is 4.87. The number of aryl methyl sites for hydroxylation is 1. The van der Waals surface area contributed by atoms with Crippen LogP contribution < -0.4 is 10.1 Å². The van der Waals surface area contributed by atoms with Crippen LogP contribution in [0, 0.1) is 18.3 Å². The highest BCUT2D eigenvalue weighted by molar-refractivity contribution is 8.01. The average molecular weight is 355 g/mol. The summed E-state index contributed by atoms with van der Waals surface area (Å²) in [6.07, 6.45) is 0. The zero-order valence-corrected chi connectivity index (χ0v) is 13.5. The fraction of sp³-hybridized carbons (Fsp3) is 0.214. The number of alkyl halides is 2. The number of benzene rings is 1. The van der Waals surface area contributed by atoms with E-state index in [1.54, 1.807) is 6.92 Å². The predicted molar refractivity (Wildman–Crippen MR) is 84.2 cm³/mol. The minimum absolute atomic E-state index is 0.0896. The highest BCUT2D eigenvalue weighted by Crippen LogP contribution is 2.32. The molecule has 0 fully saturated rings. The van der Waals surface area contributed by atoms with Crippen LogP contribution >= 0.6 is 23.1 Å². The Morgan fingerprint density at radius 3 is 3.04 bits per heavy atom. The topological polar surface area (TPSA) is 75.0 Å². The number of hydrogen-bond donors (Lipinski definition) is 1. The second kappa shape index (κ2) is 7.89. The molecule has 9 heteroatoms. The second-order valence-electron chi connectivity index (χ2n) is 4.20. The summed E-state index contributed by atoms with van der Waals surface area (Å²) in [5.41, 5.74) is 0.905. The van der Waals surface area contributed by atoms with E-state index in [-0.39, 0.29) is 11.3 Å². The number of nitrogens with zero attached hydrogens (tertiary/aromatic N) is 2. The molecule has 5 nitrogen and oxygen atoms in total. The Morgan fingerprint density at radius 1 is 1.57 bits per heavy atom. The number of anilines is 1. The van der Waals surface area contributed by atoms with Gasteiger partial charge in [-0.3, -0.25) is 10.1 Å². The molecule has 120 valence electrons. The smallest absolute Gasteiger partial charge is 0.387 e. The molecule has 0 aliphatic carbocycles. The molecule has 1 heterocycles. The van der Waals surface area contributed by atoms with Crippen molar-refractivity contribution in [3.63, 3.8) is 0 Å². The van der Waals surface area contributed by atoms with Crippen molar-refractivity contribution in [1.29, 1.82) is 5.26 Å². The van der Waals surface area contributed by atoms with E-state index in [1.807, 2.05) is 6.07 Å². The van der Waals surface area contributed by atoms with Crippen LogP contribution in [-0.4, -0.2) is 23.3 Å². The van der Waals surface area contributed by atoms with Crippen LogP contribution in [0.4, 0.5) is 13.9 Å². The fourth-order valence-electron chi connectivity index (χ4n) is 1.65. The molecule has 0 saturated heterocycles. The molecular formula is C14H11F2N3O2S2. The van der Waals surface area contributed by atoms with Gasteiger partial charge in [0.05, 0.1) is 21.7 Å². The summed E-state index contributed by atoms with van der Waals surface area (Å²) in [6.45, 7) is -1.17. The number of ether oxygens (including phenoxy) is 1. The Bertz CT molecular complexity index is 744. The minimum Gasteiger partial charge on any atom is -0.435 e. The molecule has 0 atom stereocenters. The minimum atomic E-state index is -2.95. The zero-order valence-electron chi connectivity index (χ0n) is 11.9. The largest absolute Gasteiger partial charge is 0.435 e. The number of amides is 1. The fourth-order valence-corrected chi connectivity index (χ4v) is 3.45. The molecule has 0 unspecified atom stereocenters. The molecule has 0 spiro atoms. The van der Waals surface area contributed by atoms with Gasteiger partial charge in [-0.25, -0.2) is 4.98 Å². The Balaban J connectivity index is 2.08. The van der Waals surface area contributed by atoms with Crippen LogP contribution in [0.25, 0.3) is 0 Å². The van der Waals surface area contributed by atoms with Gasteiger partial charge in [0.1, 0.15) is 5.75 Å². The zero-order chi connectivity index (χ0) is 16.8. The molecule has 23 heavy (non-hydrogen) atoms. The van der Waals surface area contributed by atoms with Gasteiger partial charge in [-0.1, -0.05) is 29.2 Å². The van der Waals surface area contributed by atoms with Gasteiger partial charge in [-0.15, -0.1) is 0 Å². The molecule has 1 aromatic heterocycles. The van der Waals surface area contributed by atoms with E-state index < -0.39 is 12.5 Å². The maximum atomic E-state index is 12.2. The van der Waals surface area contributed by atoms with Gasteiger partial charge < -0.3 is 4.74 Å². The molecule has 1 N–H and O–H groups in total. The van der Waals surface area contributed by atoms with Gasteiger partial charge in [0, 0.05) is 5.56 Å². The lowest BCUT2D eigenvalue weighted by atomic mass is 10.2. The quantitative estimate of drug-likeness (QED) is 0.795. The number of hydrogen-bond acceptors (Lipinski definition) is 6. The maximum Gasteiger partial charge on any atom is 0.387 e. The molecular weight excluding hydrogens is 344 g/mol. The number of halogens is 2. The third-order valence-electron chi connectivity index (χ3n) is 2.56. The Kier molecular flexibility index (Phi) is 5.90. The van der Waals surface area contributed by atoms with E-state index in [1.165, 1.54) is 47.4 Å². The van der Waals surface area contributed by atoms with E-state index in [0.29, 0.717) is 10.9 Å². The lowest BCUT2D eigenvalue weighted by Gasteiger charge is -2.06. The lowest BCUT2D eigenvalue weighted by Crippen LogP contribution is -2.12. The van der Waals surface area contributed by atoms with Gasteiger partial charge in [0.2, 0.25) is 0 Å². The van der Waals surface area contributed by atoms with E-state index in [9.17, 15) is 13.6 Å². The van der Waals surface area contributed by atoms with Crippen molar-refractivity contribution in [3.05, 3.63) is 35.5 Å². The Labute approximate surface area is 139 Å². The first-order chi connectivity index (χ1) is 11.0. The van der Waals surface area contributed by atoms with Crippen molar-refractivity contribution in [2.24, 2.45) is 0 Å². The summed E-state index contributed by atoms with van der Waals surface area (Å²) in [4.78, 5) is 16.3. The summed E-state index contributed by atoms with van der Waals surface area (Å²) in [7, 11) is 0. The van der Waals surface area contributed by atoms with E-state index in [2.05, 4.69) is 15.0 Å². The van der Waals surface area contributed by atoms with Crippen LogP contribution in [-0.2, 0) is 0 Å². The number of carbonyl (C=O) groups excluding carboxylic acids is 1. The molecule has 0 aliphatic rings. The third kappa shape index (κ3) is 4.91. The van der Waals surface area contributed by atoms with Crippen molar-refractivity contribution < 1.29 is 18.3 Å².